The number of hydrogen-bond acceptors (Lipinski definition) is 1. The van der Waals surface area contributed by atoms with E-state index in [-0.39, 0.29) is 5.38 Å². The Kier molecular flexibility index (Phi) is 4.27. The zero-order valence-corrected chi connectivity index (χ0v) is 11.4. The molecule has 1 unspecified atom stereocenters. The van der Waals surface area contributed by atoms with Gasteiger partial charge >= 0.3 is 0 Å². The number of alkyl halides is 1. The minimum Gasteiger partial charge on any atom is -0.497 e. The summed E-state index contributed by atoms with van der Waals surface area (Å²) in [6, 6.07) is 16.4. The van der Waals surface area contributed by atoms with E-state index in [1.165, 1.54) is 11.1 Å². The van der Waals surface area contributed by atoms with Crippen LogP contribution in [0.1, 0.15) is 22.1 Å². The van der Waals surface area contributed by atoms with Crippen LogP contribution < -0.4 is 4.74 Å². The molecule has 0 fully saturated rings. The lowest BCUT2D eigenvalue weighted by atomic mass is 10.0. The van der Waals surface area contributed by atoms with Crippen molar-refractivity contribution in [2.24, 2.45) is 0 Å². The molecule has 0 bridgehead atoms. The average molecular weight is 261 g/mol. The van der Waals surface area contributed by atoms with Crippen molar-refractivity contribution < 1.29 is 4.74 Å². The van der Waals surface area contributed by atoms with Gasteiger partial charge in [0.1, 0.15) is 5.75 Å². The molecule has 0 aromatic heterocycles. The van der Waals surface area contributed by atoms with Crippen molar-refractivity contribution in [3.05, 3.63) is 65.2 Å². The SMILES string of the molecule is COc1ccc(C(Cl)Cc2cccc(C)c2)cc1. The predicted octanol–water partition coefficient (Wildman–Crippen LogP) is 4.53. The van der Waals surface area contributed by atoms with Crippen LogP contribution in [0.4, 0.5) is 0 Å². The van der Waals surface area contributed by atoms with E-state index >= 15 is 0 Å². The van der Waals surface area contributed by atoms with E-state index < -0.39 is 0 Å². The summed E-state index contributed by atoms with van der Waals surface area (Å²) >= 11 is 6.45. The molecule has 2 rings (SSSR count). The molecule has 94 valence electrons. The third kappa shape index (κ3) is 3.27. The van der Waals surface area contributed by atoms with Gasteiger partial charge in [-0.05, 0) is 36.6 Å². The normalized spacial score (nSPS) is 12.2. The number of aryl methyl sites for hydroxylation is 1. The number of methoxy groups -OCH3 is 1. The van der Waals surface area contributed by atoms with Gasteiger partial charge in [0.05, 0.1) is 12.5 Å². The van der Waals surface area contributed by atoms with Gasteiger partial charge in [0.15, 0.2) is 0 Å². The highest BCUT2D eigenvalue weighted by Crippen LogP contribution is 2.26. The Hall–Kier alpha value is -1.47. The van der Waals surface area contributed by atoms with Crippen molar-refractivity contribution in [2.75, 3.05) is 7.11 Å². The quantitative estimate of drug-likeness (QED) is 0.734. The summed E-state index contributed by atoms with van der Waals surface area (Å²) < 4.78 is 5.14. The molecule has 2 aromatic rings. The van der Waals surface area contributed by atoms with Crippen LogP contribution in [-0.2, 0) is 6.42 Å². The molecule has 0 saturated carbocycles. The maximum absolute atomic E-state index is 6.45. The van der Waals surface area contributed by atoms with Gasteiger partial charge in [-0.25, -0.2) is 0 Å². The maximum Gasteiger partial charge on any atom is 0.118 e. The molecule has 1 nitrogen and oxygen atoms in total. The molecule has 0 saturated heterocycles. The van der Waals surface area contributed by atoms with Gasteiger partial charge < -0.3 is 4.74 Å². The fourth-order valence-electron chi connectivity index (χ4n) is 1.98. The van der Waals surface area contributed by atoms with Gasteiger partial charge in [-0.3, -0.25) is 0 Å². The Labute approximate surface area is 113 Å². The van der Waals surface area contributed by atoms with Crippen LogP contribution in [0.15, 0.2) is 48.5 Å². The van der Waals surface area contributed by atoms with Gasteiger partial charge in [0, 0.05) is 0 Å². The maximum atomic E-state index is 6.45. The Morgan fingerprint density at radius 1 is 1.11 bits per heavy atom. The van der Waals surface area contributed by atoms with E-state index in [0.717, 1.165) is 17.7 Å². The Morgan fingerprint density at radius 2 is 1.83 bits per heavy atom. The molecule has 2 aromatic carbocycles. The predicted molar refractivity (Wildman–Crippen MR) is 76.5 cm³/mol. The van der Waals surface area contributed by atoms with Crippen molar-refractivity contribution in [1.29, 1.82) is 0 Å². The van der Waals surface area contributed by atoms with Gasteiger partial charge in [-0.1, -0.05) is 42.0 Å². The molecule has 0 heterocycles. The lowest BCUT2D eigenvalue weighted by molar-refractivity contribution is 0.414. The van der Waals surface area contributed by atoms with Crippen molar-refractivity contribution in [2.45, 2.75) is 18.7 Å². The van der Waals surface area contributed by atoms with E-state index in [1.54, 1.807) is 7.11 Å². The zero-order chi connectivity index (χ0) is 13.0. The Bertz CT molecular complexity index is 505. The number of halogens is 1. The molecule has 0 aliphatic heterocycles. The first-order valence-electron chi connectivity index (χ1n) is 6.02. The molecule has 0 aliphatic rings. The molecule has 0 aliphatic carbocycles. The van der Waals surface area contributed by atoms with Crippen LogP contribution in [0.2, 0.25) is 0 Å². The fourth-order valence-corrected chi connectivity index (χ4v) is 2.30. The number of rotatable bonds is 4. The first-order valence-corrected chi connectivity index (χ1v) is 6.46. The van der Waals surface area contributed by atoms with Crippen molar-refractivity contribution >= 4 is 11.6 Å². The molecule has 2 heteroatoms. The van der Waals surface area contributed by atoms with Crippen molar-refractivity contribution in [3.8, 4) is 5.75 Å². The summed E-state index contributed by atoms with van der Waals surface area (Å²) in [5.74, 6) is 0.859. The summed E-state index contributed by atoms with van der Waals surface area (Å²) in [5.41, 5.74) is 3.66. The summed E-state index contributed by atoms with van der Waals surface area (Å²) in [5, 5.41) is -0.00212. The zero-order valence-electron chi connectivity index (χ0n) is 10.7. The van der Waals surface area contributed by atoms with E-state index in [2.05, 4.69) is 31.2 Å². The van der Waals surface area contributed by atoms with E-state index in [1.807, 2.05) is 24.3 Å². The smallest absolute Gasteiger partial charge is 0.118 e. The molecule has 0 spiro atoms. The Balaban J connectivity index is 2.09. The monoisotopic (exact) mass is 260 g/mol. The van der Waals surface area contributed by atoms with Crippen LogP contribution in [0.25, 0.3) is 0 Å². The second kappa shape index (κ2) is 5.92. The second-order valence-corrected chi connectivity index (χ2v) is 4.96. The highest BCUT2D eigenvalue weighted by molar-refractivity contribution is 6.20. The summed E-state index contributed by atoms with van der Waals surface area (Å²) in [4.78, 5) is 0. The molecule has 1 atom stereocenters. The van der Waals surface area contributed by atoms with Crippen LogP contribution in [0, 0.1) is 6.92 Å². The average Bonchev–Trinajstić information content (AvgIpc) is 2.39. The molecule has 0 amide bonds. The third-order valence-electron chi connectivity index (χ3n) is 2.97. The van der Waals surface area contributed by atoms with Gasteiger partial charge in [0.2, 0.25) is 0 Å². The number of benzene rings is 2. The minimum atomic E-state index is -0.00212. The van der Waals surface area contributed by atoms with Crippen LogP contribution in [0.3, 0.4) is 0 Å². The standard InChI is InChI=1S/C16H17ClO/c1-12-4-3-5-13(10-12)11-16(17)14-6-8-15(18-2)9-7-14/h3-10,16H,11H2,1-2H3. The number of hydrogen-bond donors (Lipinski definition) is 0. The van der Waals surface area contributed by atoms with Gasteiger partial charge in [-0.2, -0.15) is 0 Å². The molecular weight excluding hydrogens is 244 g/mol. The Morgan fingerprint density at radius 3 is 2.44 bits per heavy atom. The van der Waals surface area contributed by atoms with Gasteiger partial charge in [-0.15, -0.1) is 11.6 Å². The second-order valence-electron chi connectivity index (χ2n) is 4.43. The first-order chi connectivity index (χ1) is 8.69. The molecular formula is C16H17ClO. The lowest BCUT2D eigenvalue weighted by Gasteiger charge is -2.11. The highest BCUT2D eigenvalue weighted by atomic mass is 35.5. The molecule has 0 radical (unpaired) electrons. The summed E-state index contributed by atoms with van der Waals surface area (Å²) in [7, 11) is 1.67. The topological polar surface area (TPSA) is 9.23 Å². The van der Waals surface area contributed by atoms with Gasteiger partial charge in [0.25, 0.3) is 0 Å². The van der Waals surface area contributed by atoms with Crippen molar-refractivity contribution in [1.82, 2.24) is 0 Å². The third-order valence-corrected chi connectivity index (χ3v) is 3.38. The highest BCUT2D eigenvalue weighted by Gasteiger charge is 2.09. The van der Waals surface area contributed by atoms with Crippen LogP contribution >= 0.6 is 11.6 Å². The number of ether oxygens (including phenoxy) is 1. The lowest BCUT2D eigenvalue weighted by Crippen LogP contribution is -1.96. The fraction of sp³-hybridized carbons (Fsp3) is 0.250. The van der Waals surface area contributed by atoms with Crippen LogP contribution in [-0.4, -0.2) is 7.11 Å². The first kappa shape index (κ1) is 13.0. The van der Waals surface area contributed by atoms with Crippen molar-refractivity contribution in [3.63, 3.8) is 0 Å². The van der Waals surface area contributed by atoms with E-state index in [0.29, 0.717) is 0 Å². The van der Waals surface area contributed by atoms with E-state index in [4.69, 9.17) is 16.3 Å². The van der Waals surface area contributed by atoms with E-state index in [9.17, 15) is 0 Å². The largest absolute Gasteiger partial charge is 0.497 e. The molecule has 0 N–H and O–H groups in total. The summed E-state index contributed by atoms with van der Waals surface area (Å²) in [6.45, 7) is 2.10. The van der Waals surface area contributed by atoms with Crippen LogP contribution in [0.5, 0.6) is 5.75 Å². The summed E-state index contributed by atoms with van der Waals surface area (Å²) in [6.07, 6.45) is 0.843. The molecule has 18 heavy (non-hydrogen) atoms. The minimum absolute atomic E-state index is 0.00212.